The van der Waals surface area contributed by atoms with Crippen LogP contribution in [0.5, 0.6) is 0 Å². The maximum Gasteiger partial charge on any atom is 0.224 e. The van der Waals surface area contributed by atoms with Crippen LogP contribution in [0.1, 0.15) is 55.4 Å². The van der Waals surface area contributed by atoms with Crippen molar-refractivity contribution in [1.82, 2.24) is 10.2 Å². The Kier molecular flexibility index (Phi) is 6.03. The molecule has 0 bridgehead atoms. The van der Waals surface area contributed by atoms with Crippen LogP contribution in [0.3, 0.4) is 0 Å². The number of carbonyl (C=O) groups is 1. The molecule has 0 aromatic carbocycles. The van der Waals surface area contributed by atoms with Crippen molar-refractivity contribution in [3.8, 4) is 0 Å². The van der Waals surface area contributed by atoms with Crippen LogP contribution in [0.2, 0.25) is 0 Å². The number of amides is 1. The average molecular weight is 294 g/mol. The summed E-state index contributed by atoms with van der Waals surface area (Å²) in [4.78, 5) is 14.8. The zero-order valence-corrected chi connectivity index (χ0v) is 15.2. The lowest BCUT2D eigenvalue weighted by molar-refractivity contribution is -0.123. The van der Waals surface area contributed by atoms with Crippen LogP contribution >= 0.6 is 0 Å². The number of nitrogens with zero attached hydrogens (tertiary/aromatic N) is 1. The Labute approximate surface area is 131 Å². The predicted octanol–water partition coefficient (Wildman–Crippen LogP) is 3.46. The minimum absolute atomic E-state index is 0.108. The van der Waals surface area contributed by atoms with Gasteiger partial charge in [-0.15, -0.1) is 0 Å². The third-order valence-electron chi connectivity index (χ3n) is 4.70. The van der Waals surface area contributed by atoms with E-state index in [1.807, 2.05) is 0 Å². The van der Waals surface area contributed by atoms with Crippen LogP contribution in [0, 0.1) is 17.3 Å². The maximum atomic E-state index is 12.4. The van der Waals surface area contributed by atoms with Gasteiger partial charge in [0.2, 0.25) is 5.91 Å². The quantitative estimate of drug-likeness (QED) is 0.729. The molecule has 0 aliphatic heterocycles. The molecule has 122 valence electrons. The van der Waals surface area contributed by atoms with Crippen LogP contribution in [-0.4, -0.2) is 36.0 Å². The lowest BCUT2D eigenvalue weighted by Gasteiger charge is -2.30. The smallest absolute Gasteiger partial charge is 0.224 e. The number of nitrogens with one attached hydrogen (secondary N) is 1. The van der Waals surface area contributed by atoms with E-state index in [0.29, 0.717) is 18.0 Å². The summed E-state index contributed by atoms with van der Waals surface area (Å²) in [6.45, 7) is 19.1. The summed E-state index contributed by atoms with van der Waals surface area (Å²) in [6.07, 6.45) is 2.25. The standard InChI is InChI=1S/C18H34N2O/c1-12(2)11-15-16(18(15,7)8)17(21)19-9-10-20(13(3)4)14(5)6/h11,13-16H,9-10H2,1-8H3,(H,19,21). The molecule has 0 aromatic rings. The van der Waals surface area contributed by atoms with Crippen molar-refractivity contribution in [2.75, 3.05) is 13.1 Å². The Morgan fingerprint density at radius 2 is 1.71 bits per heavy atom. The van der Waals surface area contributed by atoms with Gasteiger partial charge in [0, 0.05) is 25.2 Å². The van der Waals surface area contributed by atoms with Crippen molar-refractivity contribution >= 4 is 5.91 Å². The van der Waals surface area contributed by atoms with E-state index in [-0.39, 0.29) is 17.2 Å². The van der Waals surface area contributed by atoms with Gasteiger partial charge in [-0.25, -0.2) is 0 Å². The SMILES string of the molecule is CC(C)=CC1C(C(=O)NCCN(C(C)C)C(C)C)C1(C)C. The Bertz CT molecular complexity index is 384. The largest absolute Gasteiger partial charge is 0.355 e. The second-order valence-corrected chi connectivity index (χ2v) is 7.79. The van der Waals surface area contributed by atoms with Crippen LogP contribution in [0.15, 0.2) is 11.6 Å². The molecule has 3 nitrogen and oxygen atoms in total. The minimum atomic E-state index is 0.108. The molecular formula is C18H34N2O. The molecule has 2 atom stereocenters. The van der Waals surface area contributed by atoms with Gasteiger partial charge in [0.05, 0.1) is 5.92 Å². The highest BCUT2D eigenvalue weighted by atomic mass is 16.2. The molecule has 2 unspecified atom stereocenters. The number of rotatable bonds is 7. The highest BCUT2D eigenvalue weighted by molar-refractivity contribution is 5.83. The fourth-order valence-electron chi connectivity index (χ4n) is 3.38. The van der Waals surface area contributed by atoms with E-state index in [0.717, 1.165) is 13.1 Å². The molecule has 0 spiro atoms. The van der Waals surface area contributed by atoms with Crippen LogP contribution < -0.4 is 5.32 Å². The average Bonchev–Trinajstić information content (AvgIpc) is 2.84. The third-order valence-corrected chi connectivity index (χ3v) is 4.70. The Balaban J connectivity index is 2.47. The second kappa shape index (κ2) is 6.95. The molecule has 1 rings (SSSR count). The van der Waals surface area contributed by atoms with Crippen molar-refractivity contribution in [2.45, 2.75) is 67.5 Å². The van der Waals surface area contributed by atoms with Crippen molar-refractivity contribution < 1.29 is 4.79 Å². The molecule has 0 heterocycles. The molecule has 0 radical (unpaired) electrons. The topological polar surface area (TPSA) is 32.3 Å². The van der Waals surface area contributed by atoms with E-state index in [2.05, 4.69) is 71.7 Å². The molecule has 1 aliphatic carbocycles. The molecule has 21 heavy (non-hydrogen) atoms. The van der Waals surface area contributed by atoms with Gasteiger partial charge >= 0.3 is 0 Å². The van der Waals surface area contributed by atoms with E-state index in [4.69, 9.17) is 0 Å². The first kappa shape index (κ1) is 18.2. The Morgan fingerprint density at radius 3 is 2.14 bits per heavy atom. The number of hydrogen-bond acceptors (Lipinski definition) is 2. The number of hydrogen-bond donors (Lipinski definition) is 1. The van der Waals surface area contributed by atoms with E-state index in [9.17, 15) is 4.79 Å². The summed E-state index contributed by atoms with van der Waals surface area (Å²) in [5, 5.41) is 3.13. The van der Waals surface area contributed by atoms with E-state index < -0.39 is 0 Å². The first-order chi connectivity index (χ1) is 9.59. The van der Waals surface area contributed by atoms with Gasteiger partial charge in [0.15, 0.2) is 0 Å². The highest BCUT2D eigenvalue weighted by Crippen LogP contribution is 2.59. The van der Waals surface area contributed by atoms with Gasteiger partial charge in [0.25, 0.3) is 0 Å². The lowest BCUT2D eigenvalue weighted by atomic mass is 10.1. The molecule has 1 N–H and O–H groups in total. The van der Waals surface area contributed by atoms with Crippen molar-refractivity contribution in [2.24, 2.45) is 17.3 Å². The molecule has 1 fully saturated rings. The van der Waals surface area contributed by atoms with Gasteiger partial charge in [-0.05, 0) is 52.9 Å². The zero-order valence-electron chi connectivity index (χ0n) is 15.2. The molecule has 3 heteroatoms. The van der Waals surface area contributed by atoms with E-state index in [1.54, 1.807) is 0 Å². The lowest BCUT2D eigenvalue weighted by Crippen LogP contribution is -2.43. The predicted molar refractivity (Wildman–Crippen MR) is 90.2 cm³/mol. The van der Waals surface area contributed by atoms with Crippen molar-refractivity contribution in [3.05, 3.63) is 11.6 Å². The van der Waals surface area contributed by atoms with Gasteiger partial charge in [-0.2, -0.15) is 0 Å². The number of carbonyl (C=O) groups excluding carboxylic acids is 1. The summed E-state index contributed by atoms with van der Waals surface area (Å²) in [5.74, 6) is 0.753. The minimum Gasteiger partial charge on any atom is -0.355 e. The first-order valence-corrected chi connectivity index (χ1v) is 8.27. The maximum absolute atomic E-state index is 12.4. The monoisotopic (exact) mass is 294 g/mol. The molecule has 1 saturated carbocycles. The van der Waals surface area contributed by atoms with Crippen molar-refractivity contribution in [1.29, 1.82) is 0 Å². The molecule has 0 saturated heterocycles. The fraction of sp³-hybridized carbons (Fsp3) is 0.833. The van der Waals surface area contributed by atoms with E-state index in [1.165, 1.54) is 5.57 Å². The van der Waals surface area contributed by atoms with E-state index >= 15 is 0 Å². The van der Waals surface area contributed by atoms with Gasteiger partial charge in [-0.1, -0.05) is 25.5 Å². The van der Waals surface area contributed by atoms with Gasteiger partial charge in [0.1, 0.15) is 0 Å². The van der Waals surface area contributed by atoms with Crippen LogP contribution in [0.4, 0.5) is 0 Å². The molecule has 0 aromatic heterocycles. The first-order valence-electron chi connectivity index (χ1n) is 8.27. The summed E-state index contributed by atoms with van der Waals surface area (Å²) >= 11 is 0. The summed E-state index contributed by atoms with van der Waals surface area (Å²) < 4.78 is 0. The summed E-state index contributed by atoms with van der Waals surface area (Å²) in [5.41, 5.74) is 1.41. The van der Waals surface area contributed by atoms with Gasteiger partial charge < -0.3 is 5.32 Å². The molecular weight excluding hydrogens is 260 g/mol. The van der Waals surface area contributed by atoms with Crippen molar-refractivity contribution in [3.63, 3.8) is 0 Å². The number of allylic oxidation sites excluding steroid dienone is 2. The Hall–Kier alpha value is -0.830. The van der Waals surface area contributed by atoms with Crippen LogP contribution in [-0.2, 0) is 4.79 Å². The normalized spacial score (nSPS) is 23.6. The fourth-order valence-corrected chi connectivity index (χ4v) is 3.38. The highest BCUT2D eigenvalue weighted by Gasteiger charge is 2.60. The zero-order chi connectivity index (χ0) is 16.4. The Morgan fingerprint density at radius 1 is 1.19 bits per heavy atom. The third kappa shape index (κ3) is 4.57. The summed E-state index contributed by atoms with van der Waals surface area (Å²) in [6, 6.07) is 1.02. The van der Waals surface area contributed by atoms with Crippen LogP contribution in [0.25, 0.3) is 0 Å². The molecule has 1 aliphatic rings. The second-order valence-electron chi connectivity index (χ2n) is 7.79. The summed E-state index contributed by atoms with van der Waals surface area (Å²) in [7, 11) is 0. The van der Waals surface area contributed by atoms with Gasteiger partial charge in [-0.3, -0.25) is 9.69 Å². The molecule has 1 amide bonds.